The monoisotopic (exact) mass is 199 g/mol. The minimum Gasteiger partial charge on any atom is -0.465 e. The van der Waals surface area contributed by atoms with Crippen molar-refractivity contribution < 1.29 is 26.6 Å². The van der Waals surface area contributed by atoms with E-state index in [0.29, 0.717) is 5.56 Å². The van der Waals surface area contributed by atoms with Crippen molar-refractivity contribution in [2.24, 2.45) is 0 Å². The molecule has 0 aromatic heterocycles. The third-order valence-electron chi connectivity index (χ3n) is 1.19. The van der Waals surface area contributed by atoms with Crippen molar-refractivity contribution in [3.63, 3.8) is 0 Å². The molecule has 0 aliphatic carbocycles. The molecule has 0 bridgehead atoms. The summed E-state index contributed by atoms with van der Waals surface area (Å²) in [5.41, 5.74) is 0.588. The maximum absolute atomic E-state index is 10.8. The third-order valence-corrected chi connectivity index (χ3v) is 1.19. The molecule has 0 saturated heterocycles. The molecule has 0 amide bonds. The SMILES string of the molecule is COC(=O)c1ccccc1.[Cu]. The summed E-state index contributed by atoms with van der Waals surface area (Å²) in [7, 11) is 1.37. The van der Waals surface area contributed by atoms with Crippen LogP contribution in [0.5, 0.6) is 0 Å². The molecule has 11 heavy (non-hydrogen) atoms. The quantitative estimate of drug-likeness (QED) is 0.506. The Morgan fingerprint density at radius 2 is 1.82 bits per heavy atom. The molecule has 2 nitrogen and oxygen atoms in total. The van der Waals surface area contributed by atoms with E-state index in [1.165, 1.54) is 7.11 Å². The Balaban J connectivity index is 0.000001000. The molecule has 0 fully saturated rings. The summed E-state index contributed by atoms with van der Waals surface area (Å²) in [6.07, 6.45) is 0. The molecule has 0 unspecified atom stereocenters. The summed E-state index contributed by atoms with van der Waals surface area (Å²) in [4.78, 5) is 10.8. The van der Waals surface area contributed by atoms with E-state index in [0.717, 1.165) is 0 Å². The van der Waals surface area contributed by atoms with Gasteiger partial charge in [0.1, 0.15) is 0 Å². The van der Waals surface area contributed by atoms with Crippen LogP contribution < -0.4 is 0 Å². The van der Waals surface area contributed by atoms with Crippen LogP contribution in [0.3, 0.4) is 0 Å². The van der Waals surface area contributed by atoms with Gasteiger partial charge in [-0.1, -0.05) is 18.2 Å². The smallest absolute Gasteiger partial charge is 0.337 e. The van der Waals surface area contributed by atoms with Crippen molar-refractivity contribution in [1.82, 2.24) is 0 Å². The Morgan fingerprint density at radius 1 is 1.27 bits per heavy atom. The zero-order valence-corrected chi connectivity index (χ0v) is 6.95. The molecule has 0 atom stereocenters. The molecule has 1 rings (SSSR count). The summed E-state index contributed by atoms with van der Waals surface area (Å²) >= 11 is 0. The number of esters is 1. The van der Waals surface area contributed by atoms with Crippen LogP contribution in [0.1, 0.15) is 10.4 Å². The second-order valence-corrected chi connectivity index (χ2v) is 1.86. The molecule has 0 spiro atoms. The maximum Gasteiger partial charge on any atom is 0.337 e. The number of benzene rings is 1. The molecule has 3 heteroatoms. The zero-order chi connectivity index (χ0) is 7.40. The van der Waals surface area contributed by atoms with Crippen LogP contribution in [0.4, 0.5) is 0 Å². The van der Waals surface area contributed by atoms with Crippen LogP contribution in [0.25, 0.3) is 0 Å². The zero-order valence-electron chi connectivity index (χ0n) is 6.00. The fourth-order valence-corrected chi connectivity index (χ4v) is 0.692. The Labute approximate surface area is 76.0 Å². The van der Waals surface area contributed by atoms with Crippen LogP contribution in [0.2, 0.25) is 0 Å². The number of carbonyl (C=O) groups excluding carboxylic acids is 1. The number of rotatable bonds is 1. The summed E-state index contributed by atoms with van der Waals surface area (Å²) in [6.45, 7) is 0. The molecule has 63 valence electrons. The van der Waals surface area contributed by atoms with Gasteiger partial charge in [-0.25, -0.2) is 4.79 Å². The van der Waals surface area contributed by atoms with Crippen molar-refractivity contribution >= 4 is 5.97 Å². The van der Waals surface area contributed by atoms with Gasteiger partial charge in [0.25, 0.3) is 0 Å². The first kappa shape index (κ1) is 10.2. The van der Waals surface area contributed by atoms with E-state index in [1.54, 1.807) is 24.3 Å². The molecule has 1 aromatic carbocycles. The van der Waals surface area contributed by atoms with Crippen molar-refractivity contribution in [3.8, 4) is 0 Å². The number of carbonyl (C=O) groups is 1. The molecule has 1 aromatic rings. The minimum absolute atomic E-state index is 0. The van der Waals surface area contributed by atoms with E-state index in [2.05, 4.69) is 4.74 Å². The molecular formula is C8H8CuO2. The van der Waals surface area contributed by atoms with Crippen molar-refractivity contribution in [3.05, 3.63) is 35.9 Å². The Hall–Kier alpha value is -0.791. The molecule has 0 saturated carbocycles. The van der Waals surface area contributed by atoms with Gasteiger partial charge in [0.15, 0.2) is 0 Å². The van der Waals surface area contributed by atoms with Crippen LogP contribution in [0.15, 0.2) is 30.3 Å². The summed E-state index contributed by atoms with van der Waals surface area (Å²) in [5.74, 6) is -0.291. The molecular weight excluding hydrogens is 192 g/mol. The predicted molar refractivity (Wildman–Crippen MR) is 37.8 cm³/mol. The Morgan fingerprint density at radius 3 is 2.27 bits per heavy atom. The number of hydrogen-bond donors (Lipinski definition) is 0. The van der Waals surface area contributed by atoms with E-state index in [1.807, 2.05) is 6.07 Å². The van der Waals surface area contributed by atoms with E-state index in [4.69, 9.17) is 0 Å². The van der Waals surface area contributed by atoms with Crippen LogP contribution in [0, 0.1) is 0 Å². The van der Waals surface area contributed by atoms with Crippen molar-refractivity contribution in [2.45, 2.75) is 0 Å². The van der Waals surface area contributed by atoms with Gasteiger partial charge in [-0.05, 0) is 12.1 Å². The van der Waals surface area contributed by atoms with Gasteiger partial charge in [-0.3, -0.25) is 0 Å². The molecule has 1 radical (unpaired) electrons. The van der Waals surface area contributed by atoms with Gasteiger partial charge in [0.2, 0.25) is 0 Å². The van der Waals surface area contributed by atoms with E-state index >= 15 is 0 Å². The number of hydrogen-bond acceptors (Lipinski definition) is 2. The molecule has 0 aliphatic rings. The minimum atomic E-state index is -0.291. The average Bonchev–Trinajstić information content (AvgIpc) is 2.05. The summed E-state index contributed by atoms with van der Waals surface area (Å²) in [5, 5.41) is 0. The summed E-state index contributed by atoms with van der Waals surface area (Å²) < 4.78 is 4.50. The Kier molecular flexibility index (Phi) is 4.58. The van der Waals surface area contributed by atoms with Crippen molar-refractivity contribution in [1.29, 1.82) is 0 Å². The largest absolute Gasteiger partial charge is 0.465 e. The first-order chi connectivity index (χ1) is 4.84. The standard InChI is InChI=1S/C8H8O2.Cu/c1-10-8(9)7-5-3-2-4-6-7;/h2-6H,1H3;. The number of methoxy groups -OCH3 is 1. The van der Waals surface area contributed by atoms with Gasteiger partial charge in [0.05, 0.1) is 12.7 Å². The second-order valence-electron chi connectivity index (χ2n) is 1.86. The topological polar surface area (TPSA) is 26.3 Å². The first-order valence-corrected chi connectivity index (χ1v) is 2.98. The van der Waals surface area contributed by atoms with E-state index < -0.39 is 0 Å². The fourth-order valence-electron chi connectivity index (χ4n) is 0.692. The van der Waals surface area contributed by atoms with Gasteiger partial charge in [0, 0.05) is 17.1 Å². The van der Waals surface area contributed by atoms with Crippen LogP contribution >= 0.6 is 0 Å². The van der Waals surface area contributed by atoms with E-state index in [-0.39, 0.29) is 23.0 Å². The normalized spacial score (nSPS) is 8.09. The van der Waals surface area contributed by atoms with E-state index in [9.17, 15) is 4.79 Å². The number of ether oxygens (including phenoxy) is 1. The fraction of sp³-hybridized carbons (Fsp3) is 0.125. The van der Waals surface area contributed by atoms with Crippen molar-refractivity contribution in [2.75, 3.05) is 7.11 Å². The van der Waals surface area contributed by atoms with Gasteiger partial charge in [-0.2, -0.15) is 0 Å². The van der Waals surface area contributed by atoms with Crippen LogP contribution in [-0.4, -0.2) is 13.1 Å². The first-order valence-electron chi connectivity index (χ1n) is 2.98. The average molecular weight is 200 g/mol. The van der Waals surface area contributed by atoms with Gasteiger partial charge < -0.3 is 4.74 Å². The molecule has 0 N–H and O–H groups in total. The molecule has 0 aliphatic heterocycles. The Bertz CT molecular complexity index is 221. The van der Waals surface area contributed by atoms with Gasteiger partial charge in [-0.15, -0.1) is 0 Å². The third kappa shape index (κ3) is 2.74. The van der Waals surface area contributed by atoms with Gasteiger partial charge >= 0.3 is 5.97 Å². The van der Waals surface area contributed by atoms with Crippen LogP contribution in [-0.2, 0) is 21.8 Å². The second kappa shape index (κ2) is 4.94. The summed E-state index contributed by atoms with van der Waals surface area (Å²) in [6, 6.07) is 8.88. The maximum atomic E-state index is 10.8. The molecule has 0 heterocycles. The predicted octanol–water partition coefficient (Wildman–Crippen LogP) is 1.47.